The van der Waals surface area contributed by atoms with Crippen molar-refractivity contribution in [2.45, 2.75) is 45.4 Å². The van der Waals surface area contributed by atoms with Crippen LogP contribution >= 0.6 is 0 Å². The average Bonchev–Trinajstić information content (AvgIpc) is 3.39. The number of H-pyrrole nitrogens is 1. The van der Waals surface area contributed by atoms with Crippen LogP contribution in [0.15, 0.2) is 53.6 Å². The number of nitrogens with zero attached hydrogens (tertiary/aromatic N) is 2. The van der Waals surface area contributed by atoms with Crippen molar-refractivity contribution in [1.82, 2.24) is 15.6 Å². The SMILES string of the molecule is CCCCCCCCOc1ccc(-c2cc(C(=O)N/N=C/c3cccc(OC)c3OC)[nH]n2)cc1. The van der Waals surface area contributed by atoms with Crippen LogP contribution in [0.3, 0.4) is 0 Å². The van der Waals surface area contributed by atoms with E-state index in [4.69, 9.17) is 14.2 Å². The van der Waals surface area contributed by atoms with Gasteiger partial charge in [0.2, 0.25) is 0 Å². The van der Waals surface area contributed by atoms with Crippen molar-refractivity contribution in [3.05, 3.63) is 59.8 Å². The number of amides is 1. The molecule has 2 aromatic carbocycles. The number of hydrogen-bond donors (Lipinski definition) is 2. The number of rotatable bonds is 14. The second-order valence-corrected chi connectivity index (χ2v) is 8.09. The predicted molar refractivity (Wildman–Crippen MR) is 138 cm³/mol. The highest BCUT2D eigenvalue weighted by atomic mass is 16.5. The fourth-order valence-corrected chi connectivity index (χ4v) is 3.61. The summed E-state index contributed by atoms with van der Waals surface area (Å²) in [6.45, 7) is 2.95. The first-order valence-corrected chi connectivity index (χ1v) is 12.0. The highest BCUT2D eigenvalue weighted by molar-refractivity contribution is 5.94. The van der Waals surface area contributed by atoms with Crippen LogP contribution < -0.4 is 19.6 Å². The van der Waals surface area contributed by atoms with E-state index in [1.54, 1.807) is 26.4 Å². The number of unbranched alkanes of at least 4 members (excludes halogenated alkanes) is 5. The van der Waals surface area contributed by atoms with Crippen LogP contribution in [0.4, 0.5) is 0 Å². The highest BCUT2D eigenvalue weighted by Gasteiger charge is 2.11. The zero-order valence-corrected chi connectivity index (χ0v) is 20.7. The summed E-state index contributed by atoms with van der Waals surface area (Å²) in [5.74, 6) is 1.55. The number of carbonyl (C=O) groups is 1. The Hall–Kier alpha value is -3.81. The monoisotopic (exact) mass is 478 g/mol. The zero-order valence-electron chi connectivity index (χ0n) is 20.7. The molecule has 3 rings (SSSR count). The van der Waals surface area contributed by atoms with Gasteiger partial charge in [-0.25, -0.2) is 5.43 Å². The molecule has 0 saturated heterocycles. The van der Waals surface area contributed by atoms with Crippen LogP contribution in [-0.4, -0.2) is 43.1 Å². The van der Waals surface area contributed by atoms with E-state index in [1.807, 2.05) is 36.4 Å². The van der Waals surface area contributed by atoms with Crippen molar-refractivity contribution >= 4 is 12.1 Å². The zero-order chi connectivity index (χ0) is 24.9. The van der Waals surface area contributed by atoms with E-state index in [2.05, 4.69) is 27.6 Å². The molecule has 0 radical (unpaired) electrons. The van der Waals surface area contributed by atoms with Crippen molar-refractivity contribution in [3.63, 3.8) is 0 Å². The minimum atomic E-state index is -0.402. The molecular weight excluding hydrogens is 444 g/mol. The number of hydrazone groups is 1. The van der Waals surface area contributed by atoms with Gasteiger partial charge in [-0.2, -0.15) is 10.2 Å². The van der Waals surface area contributed by atoms with Crippen molar-refractivity contribution < 1.29 is 19.0 Å². The first kappa shape index (κ1) is 25.8. The maximum Gasteiger partial charge on any atom is 0.289 e. The van der Waals surface area contributed by atoms with E-state index in [1.165, 1.54) is 38.3 Å². The van der Waals surface area contributed by atoms with E-state index >= 15 is 0 Å². The Bertz CT molecular complexity index is 1090. The number of aromatic nitrogens is 2. The Morgan fingerprint density at radius 2 is 1.80 bits per heavy atom. The lowest BCUT2D eigenvalue weighted by atomic mass is 10.1. The lowest BCUT2D eigenvalue weighted by Gasteiger charge is -2.09. The number of nitrogens with one attached hydrogen (secondary N) is 2. The third-order valence-corrected chi connectivity index (χ3v) is 5.54. The van der Waals surface area contributed by atoms with E-state index in [0.717, 1.165) is 24.3 Å². The van der Waals surface area contributed by atoms with Gasteiger partial charge < -0.3 is 14.2 Å². The average molecular weight is 479 g/mol. The molecule has 0 aliphatic rings. The van der Waals surface area contributed by atoms with Crippen molar-refractivity contribution in [2.24, 2.45) is 5.10 Å². The molecule has 186 valence electrons. The van der Waals surface area contributed by atoms with Gasteiger partial charge in [-0.15, -0.1) is 0 Å². The van der Waals surface area contributed by atoms with Gasteiger partial charge in [-0.1, -0.05) is 45.1 Å². The smallest absolute Gasteiger partial charge is 0.289 e. The molecule has 35 heavy (non-hydrogen) atoms. The third-order valence-electron chi connectivity index (χ3n) is 5.54. The maximum atomic E-state index is 12.5. The fraction of sp³-hybridized carbons (Fsp3) is 0.370. The van der Waals surface area contributed by atoms with Crippen LogP contribution in [0.25, 0.3) is 11.3 Å². The lowest BCUT2D eigenvalue weighted by Crippen LogP contribution is -2.18. The lowest BCUT2D eigenvalue weighted by molar-refractivity contribution is 0.0950. The van der Waals surface area contributed by atoms with Crippen LogP contribution in [0.1, 0.15) is 61.5 Å². The Kier molecular flexibility index (Phi) is 10.2. The van der Waals surface area contributed by atoms with Gasteiger partial charge in [-0.3, -0.25) is 9.89 Å². The summed E-state index contributed by atoms with van der Waals surface area (Å²) in [4.78, 5) is 12.5. The van der Waals surface area contributed by atoms with Crippen LogP contribution in [0.2, 0.25) is 0 Å². The minimum Gasteiger partial charge on any atom is -0.494 e. The molecule has 0 saturated carbocycles. The summed E-state index contributed by atoms with van der Waals surface area (Å²) < 4.78 is 16.5. The number of hydrogen-bond acceptors (Lipinski definition) is 6. The predicted octanol–water partition coefficient (Wildman–Crippen LogP) is 5.60. The minimum absolute atomic E-state index is 0.304. The summed E-state index contributed by atoms with van der Waals surface area (Å²) in [6.07, 6.45) is 8.91. The highest BCUT2D eigenvalue weighted by Crippen LogP contribution is 2.29. The molecule has 0 fully saturated rings. The third kappa shape index (κ3) is 7.60. The summed E-state index contributed by atoms with van der Waals surface area (Å²) in [5, 5.41) is 11.0. The number of aromatic amines is 1. The quantitative estimate of drug-likeness (QED) is 0.179. The molecule has 3 aromatic rings. The Morgan fingerprint density at radius 1 is 1.03 bits per heavy atom. The molecule has 1 amide bonds. The van der Waals surface area contributed by atoms with Gasteiger partial charge in [-0.05, 0) is 48.9 Å². The van der Waals surface area contributed by atoms with Crippen LogP contribution in [0.5, 0.6) is 17.2 Å². The molecule has 0 spiro atoms. The van der Waals surface area contributed by atoms with Crippen molar-refractivity contribution in [1.29, 1.82) is 0 Å². The molecule has 8 heteroatoms. The maximum absolute atomic E-state index is 12.5. The second kappa shape index (κ2) is 13.8. The number of para-hydroxylation sites is 1. The molecule has 2 N–H and O–H groups in total. The van der Waals surface area contributed by atoms with Crippen LogP contribution in [-0.2, 0) is 0 Å². The van der Waals surface area contributed by atoms with E-state index in [-0.39, 0.29) is 0 Å². The van der Waals surface area contributed by atoms with Gasteiger partial charge in [0.25, 0.3) is 5.91 Å². The molecule has 1 aromatic heterocycles. The number of carbonyl (C=O) groups excluding carboxylic acids is 1. The molecule has 8 nitrogen and oxygen atoms in total. The van der Waals surface area contributed by atoms with E-state index < -0.39 is 5.91 Å². The van der Waals surface area contributed by atoms with Crippen molar-refractivity contribution in [3.8, 4) is 28.5 Å². The van der Waals surface area contributed by atoms with Gasteiger partial charge in [0.15, 0.2) is 11.5 Å². The number of benzene rings is 2. The Labute approximate surface area is 206 Å². The molecule has 1 heterocycles. The molecule has 0 aliphatic carbocycles. The second-order valence-electron chi connectivity index (χ2n) is 8.09. The van der Waals surface area contributed by atoms with Gasteiger partial charge in [0, 0.05) is 11.1 Å². The van der Waals surface area contributed by atoms with E-state index in [0.29, 0.717) is 28.5 Å². The van der Waals surface area contributed by atoms with Gasteiger partial charge in [0.1, 0.15) is 11.4 Å². The normalized spacial score (nSPS) is 10.9. The standard InChI is InChI=1S/C27H34N4O4/c1-4-5-6-7-8-9-17-35-22-15-13-20(14-16-22)23-18-24(30-29-23)27(32)31-28-19-21-11-10-12-25(33-2)26(21)34-3/h10-16,18-19H,4-9,17H2,1-3H3,(H,29,30)(H,31,32)/b28-19+. The largest absolute Gasteiger partial charge is 0.494 e. The van der Waals surface area contributed by atoms with E-state index in [9.17, 15) is 4.79 Å². The first-order valence-electron chi connectivity index (χ1n) is 12.0. The molecule has 0 unspecified atom stereocenters. The summed E-state index contributed by atoms with van der Waals surface area (Å²) in [7, 11) is 3.11. The Balaban J connectivity index is 1.51. The molecule has 0 aliphatic heterocycles. The molecule has 0 bridgehead atoms. The summed E-state index contributed by atoms with van der Waals surface area (Å²) in [6, 6.07) is 14.8. The fourth-order valence-electron chi connectivity index (χ4n) is 3.61. The summed E-state index contributed by atoms with van der Waals surface area (Å²) in [5.41, 5.74) is 5.03. The topological polar surface area (TPSA) is 97.8 Å². The van der Waals surface area contributed by atoms with Crippen LogP contribution in [0, 0.1) is 0 Å². The first-order chi connectivity index (χ1) is 17.2. The molecular formula is C27H34N4O4. The van der Waals surface area contributed by atoms with Gasteiger partial charge >= 0.3 is 0 Å². The Morgan fingerprint density at radius 3 is 2.54 bits per heavy atom. The number of ether oxygens (including phenoxy) is 3. The van der Waals surface area contributed by atoms with Gasteiger partial charge in [0.05, 0.1) is 32.7 Å². The van der Waals surface area contributed by atoms with Crippen molar-refractivity contribution in [2.75, 3.05) is 20.8 Å². The molecule has 0 atom stereocenters. The number of methoxy groups -OCH3 is 2. The summed E-state index contributed by atoms with van der Waals surface area (Å²) >= 11 is 0.